The summed E-state index contributed by atoms with van der Waals surface area (Å²) in [5, 5.41) is 3.12. The maximum absolute atomic E-state index is 2.56. The van der Waals surface area contributed by atoms with Crippen LogP contribution in [0.25, 0.3) is 5.57 Å². The topological polar surface area (TPSA) is 0 Å². The standard InChI is InChI=1S/C45H47Si.3ClH.Ti/c1-30-18-31(2)21-42(20-30)46(43-22-32(3)19-33(4)23-43)29-44-35(6)34(5)36(7)45(44)41-27-39(24-37-14-10-8-11-15-37)26-40(28-41)25-38-16-12-9-13-17-38;;;;/h8-23,26-28,46H,24-25,29H2,1-7H3;3*1H;/q;;;;+3/p-3. The zero-order valence-electron chi connectivity index (χ0n) is 30.3. The van der Waals surface area contributed by atoms with Crippen molar-refractivity contribution in [1.29, 1.82) is 0 Å². The molecule has 0 N–H and O–H groups in total. The van der Waals surface area contributed by atoms with Crippen LogP contribution in [0.3, 0.4) is 0 Å². The Morgan fingerprint density at radius 2 is 0.880 bits per heavy atom. The summed E-state index contributed by atoms with van der Waals surface area (Å²) in [6.45, 7) is 16.2. The second-order valence-corrected chi connectivity index (χ2v) is 18.3. The molecule has 0 saturated heterocycles. The normalized spacial score (nSPS) is 15.5. The van der Waals surface area contributed by atoms with E-state index in [0.717, 1.165) is 18.9 Å². The summed E-state index contributed by atoms with van der Waals surface area (Å²) >= 11 is 2.56. The molecule has 1 unspecified atom stereocenters. The van der Waals surface area contributed by atoms with E-state index < -0.39 is 8.80 Å². The van der Waals surface area contributed by atoms with Crippen molar-refractivity contribution in [2.75, 3.05) is 0 Å². The van der Waals surface area contributed by atoms with E-state index in [2.05, 4.69) is 184 Å². The van der Waals surface area contributed by atoms with Gasteiger partial charge in [-0.2, -0.15) is 0 Å². The number of hydrogen-bond donors (Lipinski definition) is 0. The van der Waals surface area contributed by atoms with Crippen LogP contribution in [0, 0.1) is 27.7 Å². The minimum Gasteiger partial charge on any atom is -1.00 e. The first-order chi connectivity index (χ1) is 22.5. The first-order valence-corrected chi connectivity index (χ1v) is 19.8. The van der Waals surface area contributed by atoms with Gasteiger partial charge in [-0.15, -0.1) is 0 Å². The second-order valence-electron chi connectivity index (χ2n) is 14.1. The van der Waals surface area contributed by atoms with Crippen molar-refractivity contribution in [3.8, 4) is 0 Å². The first kappa shape index (κ1) is 41.8. The van der Waals surface area contributed by atoms with Gasteiger partial charge < -0.3 is 37.2 Å². The molecule has 0 saturated carbocycles. The fraction of sp³-hybridized carbons (Fsp3) is 0.244. The van der Waals surface area contributed by atoms with Crippen LogP contribution in [0.5, 0.6) is 0 Å². The predicted molar refractivity (Wildman–Crippen MR) is 202 cm³/mol. The quantitative estimate of drug-likeness (QED) is 0.197. The summed E-state index contributed by atoms with van der Waals surface area (Å²) in [6.07, 6.45) is 1.88. The molecule has 6 rings (SSSR count). The van der Waals surface area contributed by atoms with Gasteiger partial charge in [-0.3, -0.25) is 0 Å². The first-order valence-electron chi connectivity index (χ1n) is 17.0. The van der Waals surface area contributed by atoms with E-state index in [4.69, 9.17) is 0 Å². The fourth-order valence-electron chi connectivity index (χ4n) is 7.95. The van der Waals surface area contributed by atoms with Crippen LogP contribution in [0.1, 0.15) is 70.8 Å². The average molecular weight is 770 g/mol. The SMILES string of the molecule is CC1=C(C)[C]([Ti+3])(C[SiH](c2cc(C)cc(C)c2)c2cc(C)cc(C)c2)C(c2cc(Cc3ccccc3)cc(Cc3ccccc3)c2)=C1C.[Cl-].[Cl-].[Cl-]. The Kier molecular flexibility index (Phi) is 14.8. The largest absolute Gasteiger partial charge is 1.00 e. The van der Waals surface area contributed by atoms with Gasteiger partial charge in [0.1, 0.15) is 0 Å². The maximum atomic E-state index is 2.56. The Bertz CT molecular complexity index is 1850. The number of allylic oxidation sites excluding steroid dienone is 4. The summed E-state index contributed by atoms with van der Waals surface area (Å²) in [4.78, 5) is 0. The van der Waals surface area contributed by atoms with Crippen molar-refractivity contribution in [2.24, 2.45) is 0 Å². The Labute approximate surface area is 333 Å². The van der Waals surface area contributed by atoms with Gasteiger partial charge in [0, 0.05) is 0 Å². The van der Waals surface area contributed by atoms with E-state index in [1.807, 2.05) is 0 Å². The van der Waals surface area contributed by atoms with Crippen molar-refractivity contribution in [3.05, 3.63) is 182 Å². The van der Waals surface area contributed by atoms with Gasteiger partial charge in [0.05, 0.1) is 0 Å². The Morgan fingerprint density at radius 3 is 1.28 bits per heavy atom. The van der Waals surface area contributed by atoms with Gasteiger partial charge in [0.15, 0.2) is 0 Å². The van der Waals surface area contributed by atoms with E-state index >= 15 is 0 Å². The Morgan fingerprint density at radius 1 is 0.480 bits per heavy atom. The molecule has 1 aliphatic rings. The predicted octanol–water partition coefficient (Wildman–Crippen LogP) is 0.984. The van der Waals surface area contributed by atoms with Crippen molar-refractivity contribution in [1.82, 2.24) is 0 Å². The maximum Gasteiger partial charge on any atom is -1.00 e. The molecule has 0 aromatic heterocycles. The summed E-state index contributed by atoms with van der Waals surface area (Å²) in [5.74, 6) is 0. The van der Waals surface area contributed by atoms with Crippen LogP contribution in [0.4, 0.5) is 0 Å². The molecule has 0 aliphatic heterocycles. The molecule has 0 fully saturated rings. The Hall–Kier alpha value is -2.62. The third-order valence-corrected chi connectivity index (χ3v) is 15.4. The smallest absolute Gasteiger partial charge is 1.00 e. The molecule has 0 amide bonds. The molecule has 1 atom stereocenters. The molecule has 5 heteroatoms. The molecule has 5 aromatic carbocycles. The van der Waals surface area contributed by atoms with Crippen molar-refractivity contribution >= 4 is 24.7 Å². The van der Waals surface area contributed by atoms with Crippen LogP contribution in [-0.2, 0) is 33.3 Å². The van der Waals surface area contributed by atoms with Gasteiger partial charge in [-0.1, -0.05) is 0 Å². The zero-order chi connectivity index (χ0) is 33.3. The van der Waals surface area contributed by atoms with Crippen LogP contribution < -0.4 is 47.6 Å². The van der Waals surface area contributed by atoms with Crippen molar-refractivity contribution in [2.45, 2.75) is 71.1 Å². The molecule has 256 valence electrons. The van der Waals surface area contributed by atoms with E-state index in [-0.39, 0.29) is 40.9 Å². The minimum atomic E-state index is -1.64. The fourth-order valence-corrected chi connectivity index (χ4v) is 13.5. The molecule has 0 spiro atoms. The summed E-state index contributed by atoms with van der Waals surface area (Å²) in [5.41, 5.74) is 18.4. The van der Waals surface area contributed by atoms with E-state index in [9.17, 15) is 0 Å². The van der Waals surface area contributed by atoms with E-state index in [1.165, 1.54) is 72.4 Å². The summed E-state index contributed by atoms with van der Waals surface area (Å²) in [6, 6.07) is 45.1. The molecule has 0 nitrogen and oxygen atoms in total. The molecular formula is C45H47Cl3SiTi. The number of hydrogen-bond acceptors (Lipinski definition) is 0. The second kappa shape index (κ2) is 17.7. The number of aryl methyl sites for hydroxylation is 4. The van der Waals surface area contributed by atoms with Crippen LogP contribution in [-0.4, -0.2) is 8.80 Å². The van der Waals surface area contributed by atoms with Gasteiger partial charge >= 0.3 is 298 Å². The number of benzene rings is 5. The third-order valence-electron chi connectivity index (χ3n) is 10.2. The van der Waals surface area contributed by atoms with Gasteiger partial charge in [0.2, 0.25) is 0 Å². The van der Waals surface area contributed by atoms with Crippen molar-refractivity contribution < 1.29 is 57.7 Å². The molecule has 0 radical (unpaired) electrons. The number of rotatable bonds is 9. The molecule has 5 aromatic rings. The molecule has 0 heterocycles. The van der Waals surface area contributed by atoms with Gasteiger partial charge in [-0.05, 0) is 0 Å². The Balaban J connectivity index is 0.00000225. The number of halogens is 3. The van der Waals surface area contributed by atoms with Crippen molar-refractivity contribution in [3.63, 3.8) is 0 Å². The van der Waals surface area contributed by atoms with Crippen LogP contribution in [0.15, 0.2) is 132 Å². The molecule has 0 bridgehead atoms. The third kappa shape index (κ3) is 9.24. The summed E-state index contributed by atoms with van der Waals surface area (Å²) in [7, 11) is -1.64. The van der Waals surface area contributed by atoms with Gasteiger partial charge in [-0.25, -0.2) is 0 Å². The van der Waals surface area contributed by atoms with Crippen LogP contribution >= 0.6 is 0 Å². The minimum absolute atomic E-state index is 0. The zero-order valence-corrected chi connectivity index (χ0v) is 35.3. The summed E-state index contributed by atoms with van der Waals surface area (Å²) < 4.78 is -0.0598. The van der Waals surface area contributed by atoms with Gasteiger partial charge in [0.25, 0.3) is 0 Å². The van der Waals surface area contributed by atoms with Crippen LogP contribution in [0.2, 0.25) is 9.76 Å². The molecular weight excluding hydrogens is 723 g/mol. The molecule has 1 aliphatic carbocycles. The molecule has 50 heavy (non-hydrogen) atoms. The van der Waals surface area contributed by atoms with E-state index in [1.54, 1.807) is 10.4 Å². The average Bonchev–Trinajstić information content (AvgIpc) is 3.19. The monoisotopic (exact) mass is 768 g/mol. The van der Waals surface area contributed by atoms with E-state index in [0.29, 0.717) is 0 Å².